The maximum absolute atomic E-state index is 7.91. The number of nitrogens with one attached hydrogen (secondary N) is 1. The van der Waals surface area contributed by atoms with E-state index in [9.17, 15) is 0 Å². The van der Waals surface area contributed by atoms with Gasteiger partial charge in [0.25, 0.3) is 0 Å². The van der Waals surface area contributed by atoms with Gasteiger partial charge in [0, 0.05) is 18.3 Å². The quantitative estimate of drug-likeness (QED) is 0.658. The first-order valence-corrected chi connectivity index (χ1v) is 8.11. The van der Waals surface area contributed by atoms with Gasteiger partial charge in [-0.2, -0.15) is 11.3 Å². The van der Waals surface area contributed by atoms with Gasteiger partial charge in [-0.1, -0.05) is 0 Å². The lowest BCUT2D eigenvalue weighted by Crippen LogP contribution is -2.29. The molecule has 0 unspecified atom stereocenters. The molecule has 0 atom stereocenters. The Morgan fingerprint density at radius 1 is 1.48 bits per heavy atom. The van der Waals surface area contributed by atoms with Crippen molar-refractivity contribution >= 4 is 22.9 Å². The topological polar surface area (TPSA) is 66.0 Å². The van der Waals surface area contributed by atoms with Crippen molar-refractivity contribution in [1.82, 2.24) is 4.98 Å². The van der Waals surface area contributed by atoms with Gasteiger partial charge in [-0.15, -0.1) is 0 Å². The van der Waals surface area contributed by atoms with Gasteiger partial charge in [-0.25, -0.2) is 0 Å². The van der Waals surface area contributed by atoms with E-state index < -0.39 is 0 Å². The van der Waals surface area contributed by atoms with Gasteiger partial charge < -0.3 is 10.6 Å². The zero-order valence-corrected chi connectivity index (χ0v) is 13.2. The molecule has 3 rings (SSSR count). The minimum Gasteiger partial charge on any atom is -0.384 e. The minimum atomic E-state index is 0.103. The molecule has 2 aromatic rings. The van der Waals surface area contributed by atoms with E-state index in [1.54, 1.807) is 11.3 Å². The number of pyridine rings is 1. The number of hydrogen-bond donors (Lipinski definition) is 2. The van der Waals surface area contributed by atoms with Crippen LogP contribution in [0.1, 0.15) is 35.4 Å². The van der Waals surface area contributed by atoms with Crippen molar-refractivity contribution in [1.29, 1.82) is 5.41 Å². The van der Waals surface area contributed by atoms with Crippen molar-refractivity contribution in [3.8, 4) is 0 Å². The number of thiophene rings is 1. The summed E-state index contributed by atoms with van der Waals surface area (Å²) in [7, 11) is 0. The molecule has 0 spiro atoms. The SMILES string of the molecule is Cc1cc(N(Cc2ccsc2)C2CC2)c(C(=N)N)c(C)n1. The number of nitrogens with two attached hydrogens (primary N) is 1. The van der Waals surface area contributed by atoms with Crippen molar-refractivity contribution < 1.29 is 0 Å². The number of anilines is 1. The lowest BCUT2D eigenvalue weighted by Gasteiger charge is -2.27. The molecule has 5 heteroatoms. The summed E-state index contributed by atoms with van der Waals surface area (Å²) < 4.78 is 0. The van der Waals surface area contributed by atoms with E-state index in [0.29, 0.717) is 6.04 Å². The summed E-state index contributed by atoms with van der Waals surface area (Å²) >= 11 is 1.72. The fraction of sp³-hybridized carbons (Fsp3) is 0.375. The van der Waals surface area contributed by atoms with Crippen LogP contribution in [-0.2, 0) is 6.54 Å². The Balaban J connectivity index is 2.04. The maximum atomic E-state index is 7.91. The zero-order chi connectivity index (χ0) is 15.0. The van der Waals surface area contributed by atoms with Crippen molar-refractivity contribution in [2.24, 2.45) is 5.73 Å². The predicted octanol–water partition coefficient (Wildman–Crippen LogP) is 3.21. The van der Waals surface area contributed by atoms with Crippen LogP contribution in [0.4, 0.5) is 5.69 Å². The van der Waals surface area contributed by atoms with Crippen LogP contribution in [0.15, 0.2) is 22.9 Å². The molecule has 1 aliphatic rings. The van der Waals surface area contributed by atoms with Crippen LogP contribution in [0.2, 0.25) is 0 Å². The molecule has 2 heterocycles. The van der Waals surface area contributed by atoms with E-state index in [2.05, 4.69) is 32.8 Å². The van der Waals surface area contributed by atoms with Gasteiger partial charge in [0.15, 0.2) is 0 Å². The Labute approximate surface area is 129 Å². The van der Waals surface area contributed by atoms with E-state index in [0.717, 1.165) is 29.2 Å². The van der Waals surface area contributed by atoms with E-state index >= 15 is 0 Å². The van der Waals surface area contributed by atoms with Crippen LogP contribution in [0.5, 0.6) is 0 Å². The number of rotatable bonds is 5. The lowest BCUT2D eigenvalue weighted by atomic mass is 10.1. The number of nitrogens with zero attached hydrogens (tertiary/aromatic N) is 2. The average molecular weight is 300 g/mol. The maximum Gasteiger partial charge on any atom is 0.126 e. The van der Waals surface area contributed by atoms with E-state index in [1.165, 1.54) is 18.4 Å². The van der Waals surface area contributed by atoms with Crippen LogP contribution >= 0.6 is 11.3 Å². The standard InChI is InChI=1S/C16H20N4S/c1-10-7-14(15(16(17)18)11(2)19-10)20(13-3-4-13)8-12-5-6-21-9-12/h5-7,9,13H,3-4,8H2,1-2H3,(H3,17,18). The van der Waals surface area contributed by atoms with Crippen LogP contribution < -0.4 is 10.6 Å². The molecule has 3 N–H and O–H groups in total. The molecule has 1 fully saturated rings. The highest BCUT2D eigenvalue weighted by molar-refractivity contribution is 7.07. The molecule has 21 heavy (non-hydrogen) atoms. The fourth-order valence-electron chi connectivity index (χ4n) is 2.74. The highest BCUT2D eigenvalue weighted by Crippen LogP contribution is 2.36. The van der Waals surface area contributed by atoms with Gasteiger partial charge in [0.2, 0.25) is 0 Å². The Morgan fingerprint density at radius 2 is 2.24 bits per heavy atom. The van der Waals surface area contributed by atoms with Gasteiger partial charge in [0.1, 0.15) is 5.84 Å². The molecular formula is C16H20N4S. The summed E-state index contributed by atoms with van der Waals surface area (Å²) in [5.74, 6) is 0.103. The van der Waals surface area contributed by atoms with Crippen LogP contribution in [0.25, 0.3) is 0 Å². The number of nitrogen functional groups attached to an aromatic ring is 1. The normalized spacial score (nSPS) is 14.2. The van der Waals surface area contributed by atoms with Crippen LogP contribution in [0.3, 0.4) is 0 Å². The molecule has 110 valence electrons. The highest BCUT2D eigenvalue weighted by Gasteiger charge is 2.31. The third-order valence-electron chi connectivity index (χ3n) is 3.81. The number of aromatic nitrogens is 1. The van der Waals surface area contributed by atoms with Gasteiger partial charge in [-0.3, -0.25) is 10.4 Å². The Morgan fingerprint density at radius 3 is 2.81 bits per heavy atom. The van der Waals surface area contributed by atoms with Gasteiger partial charge >= 0.3 is 0 Å². The third-order valence-corrected chi connectivity index (χ3v) is 4.54. The van der Waals surface area contributed by atoms with Crippen molar-refractivity contribution in [2.45, 2.75) is 39.3 Å². The Hall–Kier alpha value is -1.88. The van der Waals surface area contributed by atoms with E-state index in [-0.39, 0.29) is 5.84 Å². The molecule has 4 nitrogen and oxygen atoms in total. The number of aryl methyl sites for hydroxylation is 2. The monoisotopic (exact) mass is 300 g/mol. The van der Waals surface area contributed by atoms with Crippen molar-refractivity contribution in [3.05, 3.63) is 45.4 Å². The van der Waals surface area contributed by atoms with Crippen LogP contribution in [0, 0.1) is 19.3 Å². The molecule has 2 aromatic heterocycles. The van der Waals surface area contributed by atoms with E-state index in [1.807, 2.05) is 13.8 Å². The lowest BCUT2D eigenvalue weighted by molar-refractivity contribution is 0.791. The summed E-state index contributed by atoms with van der Waals surface area (Å²) in [6.45, 7) is 4.80. The van der Waals surface area contributed by atoms with Crippen molar-refractivity contribution in [2.75, 3.05) is 4.90 Å². The first kappa shape index (κ1) is 14.1. The molecule has 1 saturated carbocycles. The van der Waals surface area contributed by atoms with Crippen molar-refractivity contribution in [3.63, 3.8) is 0 Å². The molecule has 0 bridgehead atoms. The molecule has 0 aromatic carbocycles. The third kappa shape index (κ3) is 2.93. The van der Waals surface area contributed by atoms with Crippen LogP contribution in [-0.4, -0.2) is 16.9 Å². The second-order valence-electron chi connectivity index (χ2n) is 5.65. The summed E-state index contributed by atoms with van der Waals surface area (Å²) in [5, 5.41) is 12.2. The summed E-state index contributed by atoms with van der Waals surface area (Å²) in [4.78, 5) is 6.86. The summed E-state index contributed by atoms with van der Waals surface area (Å²) in [5.41, 5.74) is 10.8. The smallest absolute Gasteiger partial charge is 0.126 e. The number of amidine groups is 1. The first-order valence-electron chi connectivity index (χ1n) is 7.16. The zero-order valence-electron chi connectivity index (χ0n) is 12.4. The Bertz CT molecular complexity index is 659. The number of hydrogen-bond acceptors (Lipinski definition) is 4. The van der Waals surface area contributed by atoms with Gasteiger partial charge in [-0.05, 0) is 55.1 Å². The van der Waals surface area contributed by atoms with Gasteiger partial charge in [0.05, 0.1) is 16.9 Å². The molecule has 0 radical (unpaired) electrons. The fourth-order valence-corrected chi connectivity index (χ4v) is 3.40. The molecular weight excluding hydrogens is 280 g/mol. The van der Waals surface area contributed by atoms with E-state index in [4.69, 9.17) is 11.1 Å². The molecule has 0 amide bonds. The average Bonchev–Trinajstić information content (AvgIpc) is 3.11. The minimum absolute atomic E-state index is 0.103. The molecule has 1 aliphatic carbocycles. The summed E-state index contributed by atoms with van der Waals surface area (Å²) in [6, 6.07) is 4.78. The molecule has 0 aliphatic heterocycles. The largest absolute Gasteiger partial charge is 0.384 e. The predicted molar refractivity (Wildman–Crippen MR) is 88.3 cm³/mol. The molecule has 0 saturated heterocycles. The highest BCUT2D eigenvalue weighted by atomic mass is 32.1. The second-order valence-corrected chi connectivity index (χ2v) is 6.43. The Kier molecular flexibility index (Phi) is 3.68. The first-order chi connectivity index (χ1) is 10.1. The second kappa shape index (κ2) is 5.48. The summed E-state index contributed by atoms with van der Waals surface area (Å²) in [6.07, 6.45) is 2.42.